The molecule has 0 aliphatic rings. The summed E-state index contributed by atoms with van der Waals surface area (Å²) in [6, 6.07) is 14.9. The standard InChI is InChI=1S/C16H10ClIN2O/c17-11-5-6-13(14(18)8-11)16(21)20-12-7-10-3-1-2-4-15(10)19-9-12/h1-9H,(H,20,21). The van der Waals surface area contributed by atoms with Crippen LogP contribution in [-0.4, -0.2) is 10.9 Å². The van der Waals surface area contributed by atoms with Gasteiger partial charge in [-0.25, -0.2) is 0 Å². The van der Waals surface area contributed by atoms with Crippen LogP contribution in [0.5, 0.6) is 0 Å². The zero-order valence-electron chi connectivity index (χ0n) is 10.8. The van der Waals surface area contributed by atoms with Crippen molar-refractivity contribution in [2.45, 2.75) is 0 Å². The molecule has 0 unspecified atom stereocenters. The van der Waals surface area contributed by atoms with E-state index in [1.165, 1.54) is 0 Å². The Balaban J connectivity index is 1.89. The molecule has 1 aromatic heterocycles. The predicted molar refractivity (Wildman–Crippen MR) is 93.9 cm³/mol. The first-order valence-electron chi connectivity index (χ1n) is 6.25. The quantitative estimate of drug-likeness (QED) is 0.622. The number of nitrogens with one attached hydrogen (secondary N) is 1. The number of benzene rings is 2. The number of carbonyl (C=O) groups is 1. The zero-order valence-corrected chi connectivity index (χ0v) is 13.7. The molecule has 5 heteroatoms. The number of halogens is 2. The van der Waals surface area contributed by atoms with E-state index in [9.17, 15) is 4.79 Å². The van der Waals surface area contributed by atoms with E-state index in [0.29, 0.717) is 16.3 Å². The summed E-state index contributed by atoms with van der Waals surface area (Å²) >= 11 is 8.00. The van der Waals surface area contributed by atoms with Crippen molar-refractivity contribution in [3.63, 3.8) is 0 Å². The van der Waals surface area contributed by atoms with Gasteiger partial charge in [-0.15, -0.1) is 0 Å². The Labute approximate surface area is 140 Å². The van der Waals surface area contributed by atoms with Gasteiger partial charge in [0.2, 0.25) is 0 Å². The Bertz CT molecular complexity index is 835. The lowest BCUT2D eigenvalue weighted by Crippen LogP contribution is -2.13. The van der Waals surface area contributed by atoms with Crippen molar-refractivity contribution < 1.29 is 4.79 Å². The molecule has 104 valence electrons. The van der Waals surface area contributed by atoms with Crippen molar-refractivity contribution in [1.82, 2.24) is 4.98 Å². The molecular formula is C16H10ClIN2O. The summed E-state index contributed by atoms with van der Waals surface area (Å²) in [6.45, 7) is 0. The summed E-state index contributed by atoms with van der Waals surface area (Å²) in [4.78, 5) is 16.6. The molecule has 0 atom stereocenters. The lowest BCUT2D eigenvalue weighted by atomic mass is 10.2. The van der Waals surface area contributed by atoms with Crippen molar-refractivity contribution in [2.75, 3.05) is 5.32 Å². The number of hydrogen-bond donors (Lipinski definition) is 1. The highest BCUT2D eigenvalue weighted by molar-refractivity contribution is 14.1. The van der Waals surface area contributed by atoms with Crippen LogP contribution in [0.1, 0.15) is 10.4 Å². The van der Waals surface area contributed by atoms with Crippen LogP contribution in [-0.2, 0) is 0 Å². The molecule has 0 saturated carbocycles. The van der Waals surface area contributed by atoms with Crippen LogP contribution in [0.3, 0.4) is 0 Å². The number of aromatic nitrogens is 1. The summed E-state index contributed by atoms with van der Waals surface area (Å²) in [7, 11) is 0. The number of anilines is 1. The molecule has 1 amide bonds. The van der Waals surface area contributed by atoms with E-state index in [1.807, 2.05) is 30.3 Å². The summed E-state index contributed by atoms with van der Waals surface area (Å²) in [6.07, 6.45) is 1.66. The Kier molecular flexibility index (Phi) is 4.07. The highest BCUT2D eigenvalue weighted by atomic mass is 127. The highest BCUT2D eigenvalue weighted by Crippen LogP contribution is 2.20. The SMILES string of the molecule is O=C(Nc1cnc2ccccc2c1)c1ccc(Cl)cc1I. The summed E-state index contributed by atoms with van der Waals surface area (Å²) in [5.74, 6) is -0.173. The number of rotatable bonds is 2. The van der Waals surface area contributed by atoms with E-state index in [2.05, 4.69) is 32.9 Å². The minimum atomic E-state index is -0.173. The molecule has 0 aliphatic heterocycles. The molecule has 0 fully saturated rings. The van der Waals surface area contributed by atoms with Crippen LogP contribution in [0.4, 0.5) is 5.69 Å². The molecule has 1 N–H and O–H groups in total. The lowest BCUT2D eigenvalue weighted by molar-refractivity contribution is 0.102. The van der Waals surface area contributed by atoms with Gasteiger partial charge in [0.25, 0.3) is 5.91 Å². The van der Waals surface area contributed by atoms with Crippen LogP contribution in [0.25, 0.3) is 10.9 Å². The van der Waals surface area contributed by atoms with E-state index in [-0.39, 0.29) is 5.91 Å². The van der Waals surface area contributed by atoms with Crippen LogP contribution >= 0.6 is 34.2 Å². The topological polar surface area (TPSA) is 42.0 Å². The molecule has 3 rings (SSSR count). The van der Waals surface area contributed by atoms with Crippen molar-refractivity contribution in [2.24, 2.45) is 0 Å². The van der Waals surface area contributed by atoms with Crippen molar-refractivity contribution in [3.8, 4) is 0 Å². The second-order valence-electron chi connectivity index (χ2n) is 4.49. The molecule has 0 radical (unpaired) electrons. The number of fused-ring (bicyclic) bond motifs is 1. The number of hydrogen-bond acceptors (Lipinski definition) is 2. The number of carbonyl (C=O) groups excluding carboxylic acids is 1. The molecule has 0 bridgehead atoms. The maximum atomic E-state index is 12.3. The first-order chi connectivity index (χ1) is 10.1. The third kappa shape index (κ3) is 3.16. The van der Waals surface area contributed by atoms with Crippen molar-refractivity contribution in [3.05, 3.63) is 68.9 Å². The first-order valence-corrected chi connectivity index (χ1v) is 7.70. The van der Waals surface area contributed by atoms with E-state index >= 15 is 0 Å². The van der Waals surface area contributed by atoms with Gasteiger partial charge in [0.05, 0.1) is 23.0 Å². The van der Waals surface area contributed by atoms with Crippen molar-refractivity contribution in [1.29, 1.82) is 0 Å². The van der Waals surface area contributed by atoms with Gasteiger partial charge in [-0.2, -0.15) is 0 Å². The van der Waals surface area contributed by atoms with Crippen molar-refractivity contribution >= 4 is 56.7 Å². The van der Waals surface area contributed by atoms with E-state index < -0.39 is 0 Å². The lowest BCUT2D eigenvalue weighted by Gasteiger charge is -2.08. The molecule has 0 saturated heterocycles. The van der Waals surface area contributed by atoms with Gasteiger partial charge in [0.15, 0.2) is 0 Å². The second kappa shape index (κ2) is 5.99. The summed E-state index contributed by atoms with van der Waals surface area (Å²) in [5, 5.41) is 4.46. The highest BCUT2D eigenvalue weighted by Gasteiger charge is 2.11. The maximum absolute atomic E-state index is 12.3. The third-order valence-corrected chi connectivity index (χ3v) is 4.15. The number of nitrogens with zero attached hydrogens (tertiary/aromatic N) is 1. The van der Waals surface area contributed by atoms with Gasteiger partial charge in [0.1, 0.15) is 0 Å². The smallest absolute Gasteiger partial charge is 0.256 e. The van der Waals surface area contributed by atoms with E-state index in [4.69, 9.17) is 11.6 Å². The molecule has 0 aliphatic carbocycles. The zero-order chi connectivity index (χ0) is 14.8. The average Bonchev–Trinajstić information content (AvgIpc) is 2.47. The maximum Gasteiger partial charge on any atom is 0.256 e. The minimum absolute atomic E-state index is 0.173. The van der Waals surface area contributed by atoms with E-state index in [1.54, 1.807) is 24.4 Å². The van der Waals surface area contributed by atoms with Crippen LogP contribution in [0, 0.1) is 3.57 Å². The molecule has 2 aromatic carbocycles. The molecule has 21 heavy (non-hydrogen) atoms. The van der Waals surface area contributed by atoms with Gasteiger partial charge in [-0.3, -0.25) is 9.78 Å². The Morgan fingerprint density at radius 1 is 1.14 bits per heavy atom. The minimum Gasteiger partial charge on any atom is -0.321 e. The molecule has 1 heterocycles. The van der Waals surface area contributed by atoms with Crippen LogP contribution in [0.2, 0.25) is 5.02 Å². The third-order valence-electron chi connectivity index (χ3n) is 3.02. The number of pyridine rings is 1. The Hall–Kier alpha value is -1.66. The molecule has 3 nitrogen and oxygen atoms in total. The van der Waals surface area contributed by atoms with E-state index in [0.717, 1.165) is 14.5 Å². The van der Waals surface area contributed by atoms with Crippen LogP contribution in [0.15, 0.2) is 54.7 Å². The van der Waals surface area contributed by atoms with Crippen LogP contribution < -0.4 is 5.32 Å². The Morgan fingerprint density at radius 3 is 2.76 bits per heavy atom. The Morgan fingerprint density at radius 2 is 1.95 bits per heavy atom. The molecule has 3 aromatic rings. The van der Waals surface area contributed by atoms with Gasteiger partial charge < -0.3 is 5.32 Å². The number of para-hydroxylation sites is 1. The fourth-order valence-corrected chi connectivity index (χ4v) is 3.13. The summed E-state index contributed by atoms with van der Waals surface area (Å²) in [5.41, 5.74) is 2.16. The molecular weight excluding hydrogens is 399 g/mol. The van der Waals surface area contributed by atoms with Gasteiger partial charge in [-0.05, 0) is 52.9 Å². The van der Waals surface area contributed by atoms with Gasteiger partial charge in [-0.1, -0.05) is 29.8 Å². The predicted octanol–water partition coefficient (Wildman–Crippen LogP) is 4.75. The fourth-order valence-electron chi connectivity index (χ4n) is 2.01. The summed E-state index contributed by atoms with van der Waals surface area (Å²) < 4.78 is 0.811. The van der Waals surface area contributed by atoms with Gasteiger partial charge in [0, 0.05) is 14.0 Å². The second-order valence-corrected chi connectivity index (χ2v) is 6.09. The molecule has 0 spiro atoms. The normalized spacial score (nSPS) is 10.6. The van der Waals surface area contributed by atoms with Gasteiger partial charge >= 0.3 is 0 Å². The largest absolute Gasteiger partial charge is 0.321 e. The number of amides is 1. The monoisotopic (exact) mass is 408 g/mol. The fraction of sp³-hybridized carbons (Fsp3) is 0. The average molecular weight is 409 g/mol. The first kappa shape index (κ1) is 14.3.